The van der Waals surface area contributed by atoms with Crippen molar-refractivity contribution in [3.63, 3.8) is 0 Å². The van der Waals surface area contributed by atoms with Gasteiger partial charge in [-0.25, -0.2) is 9.78 Å². The molecule has 3 rings (SSSR count). The van der Waals surface area contributed by atoms with E-state index in [4.69, 9.17) is 18.9 Å². The van der Waals surface area contributed by atoms with Gasteiger partial charge in [0.05, 0.1) is 7.11 Å². The highest BCUT2D eigenvalue weighted by atomic mass is 16.6. The fraction of sp³-hybridized carbons (Fsp3) is 0.500. The number of benzene rings is 1. The summed E-state index contributed by atoms with van der Waals surface area (Å²) in [5, 5.41) is 12.9. The van der Waals surface area contributed by atoms with E-state index in [2.05, 4.69) is 10.3 Å². The predicted molar refractivity (Wildman–Crippen MR) is 129 cm³/mol. The van der Waals surface area contributed by atoms with E-state index in [1.165, 1.54) is 19.4 Å². The van der Waals surface area contributed by atoms with E-state index in [0.29, 0.717) is 25.9 Å². The minimum Gasteiger partial charge on any atom is -0.503 e. The molecule has 0 aliphatic carbocycles. The third-order valence-corrected chi connectivity index (χ3v) is 5.82. The van der Waals surface area contributed by atoms with Gasteiger partial charge in [-0.1, -0.05) is 31.5 Å². The lowest BCUT2D eigenvalue weighted by atomic mass is 9.98. The smallest absolute Gasteiger partial charge is 0.329 e. The van der Waals surface area contributed by atoms with Gasteiger partial charge in [0.2, 0.25) is 0 Å². The number of hydrogen-bond acceptors (Lipinski definition) is 8. The van der Waals surface area contributed by atoms with Gasteiger partial charge in [0.1, 0.15) is 30.1 Å². The fourth-order valence-electron chi connectivity index (χ4n) is 4.03. The largest absolute Gasteiger partial charge is 0.503 e. The molecule has 0 unspecified atom stereocenters. The number of esters is 1. The highest BCUT2D eigenvalue weighted by Gasteiger charge is 2.35. The Hall–Kier alpha value is -3.33. The Morgan fingerprint density at radius 3 is 2.66 bits per heavy atom. The third-order valence-electron chi connectivity index (χ3n) is 5.82. The van der Waals surface area contributed by atoms with Gasteiger partial charge < -0.3 is 29.4 Å². The Morgan fingerprint density at radius 1 is 1.20 bits per heavy atom. The molecule has 190 valence electrons. The van der Waals surface area contributed by atoms with Crippen LogP contribution in [0.4, 0.5) is 0 Å². The van der Waals surface area contributed by atoms with E-state index < -0.39 is 30.1 Å². The SMILES string of the molecule is CCCO[C@H]1[C@H](C)OC(=O)[C@@H](NC(=O)c2nccc(OC)c2O)CCCC[C@@H]1Oc1ccccc1. The number of nitrogens with zero attached hydrogens (tertiary/aromatic N) is 1. The number of nitrogens with one attached hydrogen (secondary N) is 1. The second-order valence-corrected chi connectivity index (χ2v) is 8.47. The molecule has 1 aromatic carbocycles. The zero-order valence-electron chi connectivity index (χ0n) is 20.4. The summed E-state index contributed by atoms with van der Waals surface area (Å²) in [7, 11) is 1.38. The summed E-state index contributed by atoms with van der Waals surface area (Å²) < 4.78 is 23.1. The number of cyclic esters (lactones) is 1. The normalized spacial score (nSPS) is 23.1. The maximum Gasteiger partial charge on any atom is 0.329 e. The molecule has 0 radical (unpaired) electrons. The topological polar surface area (TPSA) is 116 Å². The fourth-order valence-corrected chi connectivity index (χ4v) is 4.03. The lowest BCUT2D eigenvalue weighted by Crippen LogP contribution is -2.48. The Bertz CT molecular complexity index is 969. The minimum atomic E-state index is -0.893. The van der Waals surface area contributed by atoms with Crippen LogP contribution in [-0.4, -0.2) is 60.0 Å². The van der Waals surface area contributed by atoms with Crippen molar-refractivity contribution in [2.24, 2.45) is 0 Å². The van der Waals surface area contributed by atoms with Crippen LogP contribution < -0.4 is 14.8 Å². The van der Waals surface area contributed by atoms with Gasteiger partial charge in [0.15, 0.2) is 17.2 Å². The van der Waals surface area contributed by atoms with Crippen molar-refractivity contribution in [2.75, 3.05) is 13.7 Å². The summed E-state index contributed by atoms with van der Waals surface area (Å²) in [6.45, 7) is 4.29. The van der Waals surface area contributed by atoms with Gasteiger partial charge in [0.25, 0.3) is 5.91 Å². The molecule has 1 aromatic heterocycles. The first-order valence-corrected chi connectivity index (χ1v) is 12.0. The molecule has 2 heterocycles. The van der Waals surface area contributed by atoms with Gasteiger partial charge in [-0.3, -0.25) is 4.79 Å². The highest BCUT2D eigenvalue weighted by molar-refractivity contribution is 5.97. The molecular weight excluding hydrogens is 452 g/mol. The first-order valence-electron chi connectivity index (χ1n) is 12.0. The lowest BCUT2D eigenvalue weighted by Gasteiger charge is -2.34. The van der Waals surface area contributed by atoms with E-state index in [0.717, 1.165) is 18.6 Å². The Kier molecular flexibility index (Phi) is 9.72. The number of rotatable bonds is 8. The highest BCUT2D eigenvalue weighted by Crippen LogP contribution is 2.28. The second kappa shape index (κ2) is 12.9. The molecule has 1 amide bonds. The molecular formula is C26H34N2O7. The summed E-state index contributed by atoms with van der Waals surface area (Å²) in [5.41, 5.74) is -0.220. The molecule has 0 bridgehead atoms. The summed E-state index contributed by atoms with van der Waals surface area (Å²) in [4.78, 5) is 29.8. The van der Waals surface area contributed by atoms with E-state index in [1.807, 2.05) is 37.3 Å². The number of ether oxygens (including phenoxy) is 4. The molecule has 9 heteroatoms. The number of aromatic hydroxyl groups is 1. The molecule has 4 atom stereocenters. The van der Waals surface area contributed by atoms with Crippen LogP contribution in [0, 0.1) is 0 Å². The number of hydrogen-bond donors (Lipinski definition) is 2. The second-order valence-electron chi connectivity index (χ2n) is 8.47. The standard InChI is InChI=1S/C26H34N2O7/c1-4-16-33-24-17(2)34-26(31)19(28-25(30)22-23(29)20(32-3)14-15-27-22)12-8-9-13-21(24)35-18-10-6-5-7-11-18/h5-7,10-11,14-15,17,19,21,24,29H,4,8-9,12-13,16H2,1-3H3,(H,28,30)/t17-,19-,21-,24-/m0/s1. The third kappa shape index (κ3) is 7.08. The molecule has 2 N–H and O–H groups in total. The van der Waals surface area contributed by atoms with Crippen molar-refractivity contribution in [2.45, 2.75) is 70.3 Å². The molecule has 0 saturated carbocycles. The van der Waals surface area contributed by atoms with Gasteiger partial charge in [0, 0.05) is 18.9 Å². The number of amides is 1. The molecule has 1 saturated heterocycles. The number of pyridine rings is 1. The summed E-state index contributed by atoms with van der Waals surface area (Å²) in [5.74, 6) is -0.791. The first-order chi connectivity index (χ1) is 16.9. The number of aromatic nitrogens is 1. The minimum absolute atomic E-state index is 0.118. The summed E-state index contributed by atoms with van der Waals surface area (Å²) in [6.07, 6.45) is 3.27. The number of methoxy groups -OCH3 is 1. The van der Waals surface area contributed by atoms with Gasteiger partial charge in [-0.2, -0.15) is 0 Å². The molecule has 1 aliphatic heterocycles. The van der Waals surface area contributed by atoms with Crippen LogP contribution in [0.1, 0.15) is 56.4 Å². The van der Waals surface area contributed by atoms with Gasteiger partial charge >= 0.3 is 5.97 Å². The predicted octanol–water partition coefficient (Wildman–Crippen LogP) is 3.64. The van der Waals surface area contributed by atoms with Crippen LogP contribution in [0.15, 0.2) is 42.6 Å². The monoisotopic (exact) mass is 486 g/mol. The van der Waals surface area contributed by atoms with Crippen molar-refractivity contribution < 1.29 is 33.6 Å². The quantitative estimate of drug-likeness (QED) is 0.543. The van der Waals surface area contributed by atoms with E-state index in [-0.39, 0.29) is 23.3 Å². The molecule has 1 aliphatic rings. The van der Waals surface area contributed by atoms with Crippen molar-refractivity contribution >= 4 is 11.9 Å². The summed E-state index contributed by atoms with van der Waals surface area (Å²) >= 11 is 0. The Labute approximate surface area is 205 Å². The van der Waals surface area contributed by atoms with E-state index in [9.17, 15) is 14.7 Å². The lowest BCUT2D eigenvalue weighted by molar-refractivity contribution is -0.165. The zero-order valence-corrected chi connectivity index (χ0v) is 20.4. The van der Waals surface area contributed by atoms with Gasteiger partial charge in [-0.15, -0.1) is 0 Å². The molecule has 1 fully saturated rings. The molecule has 35 heavy (non-hydrogen) atoms. The average Bonchev–Trinajstić information content (AvgIpc) is 2.85. The van der Waals surface area contributed by atoms with Crippen LogP contribution in [-0.2, 0) is 14.3 Å². The zero-order chi connectivity index (χ0) is 25.2. The first kappa shape index (κ1) is 26.3. The average molecular weight is 487 g/mol. The van der Waals surface area contributed by atoms with Gasteiger partial charge in [-0.05, 0) is 44.7 Å². The molecule has 2 aromatic rings. The van der Waals surface area contributed by atoms with E-state index >= 15 is 0 Å². The van der Waals surface area contributed by atoms with E-state index in [1.54, 1.807) is 6.92 Å². The van der Waals surface area contributed by atoms with Crippen LogP contribution in [0.3, 0.4) is 0 Å². The van der Waals surface area contributed by atoms with Crippen molar-refractivity contribution in [1.82, 2.24) is 10.3 Å². The molecule has 9 nitrogen and oxygen atoms in total. The Morgan fingerprint density at radius 2 is 1.94 bits per heavy atom. The number of carbonyl (C=O) groups is 2. The molecule has 0 spiro atoms. The maximum atomic E-state index is 13.1. The van der Waals surface area contributed by atoms with Crippen molar-refractivity contribution in [3.8, 4) is 17.2 Å². The van der Waals surface area contributed by atoms with Crippen molar-refractivity contribution in [1.29, 1.82) is 0 Å². The number of carbonyl (C=O) groups excluding carboxylic acids is 2. The van der Waals surface area contributed by atoms with Crippen LogP contribution in [0.2, 0.25) is 0 Å². The number of para-hydroxylation sites is 1. The maximum absolute atomic E-state index is 13.1. The van der Waals surface area contributed by atoms with Crippen LogP contribution >= 0.6 is 0 Å². The van der Waals surface area contributed by atoms with Crippen LogP contribution in [0.5, 0.6) is 17.2 Å². The Balaban J connectivity index is 1.75. The summed E-state index contributed by atoms with van der Waals surface area (Å²) in [6, 6.07) is 10.1. The van der Waals surface area contributed by atoms with Crippen molar-refractivity contribution in [3.05, 3.63) is 48.3 Å². The van der Waals surface area contributed by atoms with Crippen LogP contribution in [0.25, 0.3) is 0 Å².